The number of amides is 1. The monoisotopic (exact) mass is 315 g/mol. The third-order valence-corrected chi connectivity index (χ3v) is 3.17. The van der Waals surface area contributed by atoms with Gasteiger partial charge in [0.15, 0.2) is 0 Å². The maximum absolute atomic E-state index is 11.6. The molecule has 0 aromatic rings. The molecule has 0 bridgehead atoms. The number of nitrogens with zero attached hydrogens (tertiary/aromatic N) is 1. The lowest BCUT2D eigenvalue weighted by Gasteiger charge is -2.23. The number of rotatable bonds is 8. The van der Waals surface area contributed by atoms with Crippen LogP contribution in [0.2, 0.25) is 0 Å². The summed E-state index contributed by atoms with van der Waals surface area (Å²) in [6, 6.07) is 0.181. The molecule has 1 amide bonds. The standard InChI is InChI=1S/C13H29N3O.2ClH/c1-6-11(4)16(5)8-7-15-13(17)12(14)9-10(2)3;;/h10-12H,6-9,14H2,1-5H3,(H,15,17);2*1H/t11?,12-;;/m0../s1. The summed E-state index contributed by atoms with van der Waals surface area (Å²) in [5.41, 5.74) is 5.80. The van der Waals surface area contributed by atoms with Crippen LogP contribution in [-0.4, -0.2) is 43.0 Å². The highest BCUT2D eigenvalue weighted by Crippen LogP contribution is 2.02. The van der Waals surface area contributed by atoms with Gasteiger partial charge in [-0.05, 0) is 32.7 Å². The molecule has 6 heteroatoms. The van der Waals surface area contributed by atoms with Crippen LogP contribution < -0.4 is 11.1 Å². The van der Waals surface area contributed by atoms with Crippen LogP contribution in [0.5, 0.6) is 0 Å². The molecule has 19 heavy (non-hydrogen) atoms. The van der Waals surface area contributed by atoms with Gasteiger partial charge < -0.3 is 16.0 Å². The number of carbonyl (C=O) groups is 1. The molecule has 0 aromatic carbocycles. The van der Waals surface area contributed by atoms with E-state index in [9.17, 15) is 4.79 Å². The highest BCUT2D eigenvalue weighted by molar-refractivity contribution is 5.85. The van der Waals surface area contributed by atoms with E-state index in [0.29, 0.717) is 18.5 Å². The largest absolute Gasteiger partial charge is 0.353 e. The Labute approximate surface area is 130 Å². The van der Waals surface area contributed by atoms with Gasteiger partial charge in [0.1, 0.15) is 0 Å². The van der Waals surface area contributed by atoms with Gasteiger partial charge in [-0.15, -0.1) is 24.8 Å². The fourth-order valence-electron chi connectivity index (χ4n) is 1.63. The average molecular weight is 316 g/mol. The molecule has 1 unspecified atom stereocenters. The van der Waals surface area contributed by atoms with Gasteiger partial charge in [-0.1, -0.05) is 20.8 Å². The van der Waals surface area contributed by atoms with E-state index in [0.717, 1.165) is 19.4 Å². The summed E-state index contributed by atoms with van der Waals surface area (Å²) in [5, 5.41) is 2.89. The molecular formula is C13H31Cl2N3O. The number of hydrogen-bond acceptors (Lipinski definition) is 3. The predicted octanol–water partition coefficient (Wildman–Crippen LogP) is 2.05. The average Bonchev–Trinajstić information content (AvgIpc) is 2.26. The van der Waals surface area contributed by atoms with Crippen LogP contribution >= 0.6 is 24.8 Å². The number of nitrogens with two attached hydrogens (primary N) is 1. The SMILES string of the molecule is CCC(C)N(C)CCNC(=O)[C@@H](N)CC(C)C.Cl.Cl. The summed E-state index contributed by atoms with van der Waals surface area (Å²) in [5.74, 6) is 0.426. The van der Waals surface area contributed by atoms with E-state index < -0.39 is 0 Å². The van der Waals surface area contributed by atoms with Gasteiger partial charge in [0.2, 0.25) is 5.91 Å². The van der Waals surface area contributed by atoms with Gasteiger partial charge in [0, 0.05) is 19.1 Å². The topological polar surface area (TPSA) is 58.4 Å². The zero-order valence-corrected chi connectivity index (χ0v) is 14.4. The van der Waals surface area contributed by atoms with Crippen molar-refractivity contribution in [2.24, 2.45) is 11.7 Å². The molecule has 0 aliphatic carbocycles. The second-order valence-electron chi connectivity index (χ2n) is 5.26. The van der Waals surface area contributed by atoms with Crippen molar-refractivity contribution in [3.63, 3.8) is 0 Å². The van der Waals surface area contributed by atoms with E-state index in [2.05, 4.69) is 45.0 Å². The zero-order valence-electron chi connectivity index (χ0n) is 12.8. The van der Waals surface area contributed by atoms with Gasteiger partial charge in [0.25, 0.3) is 0 Å². The summed E-state index contributed by atoms with van der Waals surface area (Å²) in [4.78, 5) is 13.9. The van der Waals surface area contributed by atoms with Crippen molar-refractivity contribution < 1.29 is 4.79 Å². The number of halogens is 2. The fourth-order valence-corrected chi connectivity index (χ4v) is 1.63. The Morgan fingerprint density at radius 2 is 1.79 bits per heavy atom. The molecule has 118 valence electrons. The third-order valence-electron chi connectivity index (χ3n) is 3.17. The molecule has 0 rings (SSSR count). The molecule has 3 N–H and O–H groups in total. The van der Waals surface area contributed by atoms with Crippen molar-refractivity contribution in [3.8, 4) is 0 Å². The lowest BCUT2D eigenvalue weighted by molar-refractivity contribution is -0.122. The van der Waals surface area contributed by atoms with Crippen LogP contribution in [0, 0.1) is 5.92 Å². The van der Waals surface area contributed by atoms with Gasteiger partial charge >= 0.3 is 0 Å². The summed E-state index contributed by atoms with van der Waals surface area (Å²) in [6.07, 6.45) is 1.87. The molecule has 0 fully saturated rings. The number of nitrogens with one attached hydrogen (secondary N) is 1. The first-order chi connectivity index (χ1) is 7.88. The van der Waals surface area contributed by atoms with Crippen LogP contribution in [0.3, 0.4) is 0 Å². The molecule has 2 atom stereocenters. The minimum atomic E-state index is -0.371. The van der Waals surface area contributed by atoms with Crippen molar-refractivity contribution >= 4 is 30.7 Å². The van der Waals surface area contributed by atoms with Crippen LogP contribution in [0.4, 0.5) is 0 Å². The first-order valence-corrected chi connectivity index (χ1v) is 6.62. The Kier molecular flexibility index (Phi) is 16.4. The summed E-state index contributed by atoms with van der Waals surface area (Å²) >= 11 is 0. The van der Waals surface area contributed by atoms with Crippen LogP contribution in [0.1, 0.15) is 40.5 Å². The van der Waals surface area contributed by atoms with Crippen molar-refractivity contribution in [2.45, 2.75) is 52.6 Å². The predicted molar refractivity (Wildman–Crippen MR) is 87.3 cm³/mol. The maximum atomic E-state index is 11.6. The highest BCUT2D eigenvalue weighted by Gasteiger charge is 2.14. The van der Waals surface area contributed by atoms with Crippen LogP contribution in [-0.2, 0) is 4.79 Å². The first-order valence-electron chi connectivity index (χ1n) is 6.62. The minimum Gasteiger partial charge on any atom is -0.353 e. The smallest absolute Gasteiger partial charge is 0.236 e. The number of carbonyl (C=O) groups excluding carboxylic acids is 1. The highest BCUT2D eigenvalue weighted by atomic mass is 35.5. The number of likely N-dealkylation sites (N-methyl/N-ethyl adjacent to an activating group) is 1. The molecule has 0 saturated heterocycles. The lowest BCUT2D eigenvalue weighted by Crippen LogP contribution is -2.44. The van der Waals surface area contributed by atoms with E-state index in [-0.39, 0.29) is 36.8 Å². The van der Waals surface area contributed by atoms with Crippen molar-refractivity contribution in [1.82, 2.24) is 10.2 Å². The molecule has 0 aliphatic rings. The van der Waals surface area contributed by atoms with E-state index >= 15 is 0 Å². The second-order valence-corrected chi connectivity index (χ2v) is 5.26. The Hall–Kier alpha value is -0.0300. The third kappa shape index (κ3) is 11.5. The Bertz CT molecular complexity index is 228. The molecule has 0 spiro atoms. The summed E-state index contributed by atoms with van der Waals surface area (Å²) in [7, 11) is 2.08. The lowest BCUT2D eigenvalue weighted by atomic mass is 10.0. The van der Waals surface area contributed by atoms with Crippen molar-refractivity contribution in [1.29, 1.82) is 0 Å². The van der Waals surface area contributed by atoms with Gasteiger partial charge in [-0.3, -0.25) is 4.79 Å². The normalized spacial score (nSPS) is 13.5. The molecule has 4 nitrogen and oxygen atoms in total. The quantitative estimate of drug-likeness (QED) is 0.720. The molecule has 0 aliphatic heterocycles. The Morgan fingerprint density at radius 3 is 2.21 bits per heavy atom. The van der Waals surface area contributed by atoms with Crippen molar-refractivity contribution in [3.05, 3.63) is 0 Å². The molecule has 0 heterocycles. The molecule has 0 aromatic heterocycles. The van der Waals surface area contributed by atoms with Gasteiger partial charge in [-0.25, -0.2) is 0 Å². The fraction of sp³-hybridized carbons (Fsp3) is 0.923. The van der Waals surface area contributed by atoms with Gasteiger partial charge in [0.05, 0.1) is 6.04 Å². The summed E-state index contributed by atoms with van der Waals surface area (Å²) in [6.45, 7) is 10.0. The minimum absolute atomic E-state index is 0. The maximum Gasteiger partial charge on any atom is 0.236 e. The van der Waals surface area contributed by atoms with E-state index in [1.807, 2.05) is 0 Å². The van der Waals surface area contributed by atoms with E-state index in [1.54, 1.807) is 0 Å². The van der Waals surface area contributed by atoms with Crippen LogP contribution in [0.15, 0.2) is 0 Å². The Morgan fingerprint density at radius 1 is 1.26 bits per heavy atom. The molecule has 0 saturated carbocycles. The van der Waals surface area contributed by atoms with Gasteiger partial charge in [-0.2, -0.15) is 0 Å². The first kappa shape index (κ1) is 24.0. The Balaban J connectivity index is -0.00000128. The van der Waals surface area contributed by atoms with E-state index in [1.165, 1.54) is 0 Å². The van der Waals surface area contributed by atoms with E-state index in [4.69, 9.17) is 5.73 Å². The molecule has 0 radical (unpaired) electrons. The number of hydrogen-bond donors (Lipinski definition) is 2. The van der Waals surface area contributed by atoms with Crippen LogP contribution in [0.25, 0.3) is 0 Å². The summed E-state index contributed by atoms with van der Waals surface area (Å²) < 4.78 is 0. The molecular weight excluding hydrogens is 285 g/mol. The van der Waals surface area contributed by atoms with Crippen molar-refractivity contribution in [2.75, 3.05) is 20.1 Å². The second kappa shape index (κ2) is 13.0. The zero-order chi connectivity index (χ0) is 13.4.